The van der Waals surface area contributed by atoms with Gasteiger partial charge >= 0.3 is 0 Å². The molecular formula is C15H19N5O. The van der Waals surface area contributed by atoms with Gasteiger partial charge in [0.05, 0.1) is 30.6 Å². The van der Waals surface area contributed by atoms with Gasteiger partial charge in [-0.15, -0.1) is 0 Å². The summed E-state index contributed by atoms with van der Waals surface area (Å²) >= 11 is 0. The minimum absolute atomic E-state index is 0.140. The Morgan fingerprint density at radius 3 is 2.71 bits per heavy atom. The summed E-state index contributed by atoms with van der Waals surface area (Å²) in [5.41, 5.74) is 1.86. The summed E-state index contributed by atoms with van der Waals surface area (Å²) in [6, 6.07) is 0.272. The van der Waals surface area contributed by atoms with Crippen LogP contribution in [-0.2, 0) is 7.05 Å². The number of carbonyl (C=O) groups is 1. The molecule has 0 aromatic carbocycles. The maximum absolute atomic E-state index is 12.3. The van der Waals surface area contributed by atoms with Crippen molar-refractivity contribution in [3.05, 3.63) is 30.6 Å². The molecule has 0 spiro atoms. The molecule has 0 aliphatic heterocycles. The fourth-order valence-electron chi connectivity index (χ4n) is 2.71. The maximum Gasteiger partial charge on any atom is 0.271 e. The summed E-state index contributed by atoms with van der Waals surface area (Å²) in [7, 11) is 1.89. The van der Waals surface area contributed by atoms with Crippen molar-refractivity contribution in [3.8, 4) is 11.4 Å². The molecule has 1 aliphatic rings. The van der Waals surface area contributed by atoms with Gasteiger partial charge in [0.2, 0.25) is 0 Å². The maximum atomic E-state index is 12.3. The fourth-order valence-corrected chi connectivity index (χ4v) is 2.71. The van der Waals surface area contributed by atoms with Gasteiger partial charge in [0.25, 0.3) is 5.91 Å². The molecule has 2 aromatic heterocycles. The molecule has 3 rings (SSSR count). The Morgan fingerprint density at radius 2 is 2.00 bits per heavy atom. The molecule has 1 fully saturated rings. The van der Waals surface area contributed by atoms with Gasteiger partial charge in [-0.25, -0.2) is 9.97 Å². The molecule has 0 saturated heterocycles. The molecule has 1 saturated carbocycles. The van der Waals surface area contributed by atoms with Crippen LogP contribution in [0.1, 0.15) is 42.6 Å². The summed E-state index contributed by atoms with van der Waals surface area (Å²) in [4.78, 5) is 24.9. The second kappa shape index (κ2) is 6.03. The van der Waals surface area contributed by atoms with Crippen molar-refractivity contribution >= 4 is 5.91 Å². The van der Waals surface area contributed by atoms with E-state index < -0.39 is 0 Å². The molecule has 110 valence electrons. The summed E-state index contributed by atoms with van der Waals surface area (Å²) in [5, 5.41) is 3.06. The predicted octanol–water partition coefficient (Wildman–Crippen LogP) is 1.94. The molecule has 1 aliphatic carbocycles. The van der Waals surface area contributed by atoms with Crippen LogP contribution >= 0.6 is 0 Å². The molecule has 6 nitrogen and oxygen atoms in total. The lowest BCUT2D eigenvalue weighted by atomic mass is 9.95. The van der Waals surface area contributed by atoms with E-state index in [0.717, 1.165) is 18.5 Å². The summed E-state index contributed by atoms with van der Waals surface area (Å²) in [5.74, 6) is -0.140. The quantitative estimate of drug-likeness (QED) is 0.935. The van der Waals surface area contributed by atoms with E-state index in [1.807, 2.05) is 11.6 Å². The minimum Gasteiger partial charge on any atom is -0.348 e. The zero-order valence-corrected chi connectivity index (χ0v) is 12.1. The van der Waals surface area contributed by atoms with E-state index in [0.29, 0.717) is 11.4 Å². The number of nitrogens with one attached hydrogen (secondary N) is 1. The fraction of sp³-hybridized carbons (Fsp3) is 0.467. The third-order valence-corrected chi connectivity index (χ3v) is 3.89. The molecule has 6 heteroatoms. The van der Waals surface area contributed by atoms with Gasteiger partial charge in [-0.3, -0.25) is 9.78 Å². The molecule has 1 N–H and O–H groups in total. The number of aromatic nitrogens is 4. The van der Waals surface area contributed by atoms with Crippen molar-refractivity contribution in [2.45, 2.75) is 38.1 Å². The van der Waals surface area contributed by atoms with Gasteiger partial charge in [-0.2, -0.15) is 0 Å². The number of rotatable bonds is 3. The summed E-state index contributed by atoms with van der Waals surface area (Å²) in [6.07, 6.45) is 12.3. The van der Waals surface area contributed by atoms with Crippen molar-refractivity contribution in [2.75, 3.05) is 0 Å². The first kappa shape index (κ1) is 13.7. The van der Waals surface area contributed by atoms with Crippen LogP contribution in [0.4, 0.5) is 0 Å². The van der Waals surface area contributed by atoms with Crippen molar-refractivity contribution in [2.24, 2.45) is 7.05 Å². The average molecular weight is 285 g/mol. The van der Waals surface area contributed by atoms with Crippen LogP contribution in [-0.4, -0.2) is 31.5 Å². The first-order chi connectivity index (χ1) is 10.2. The number of hydrogen-bond acceptors (Lipinski definition) is 4. The number of nitrogens with zero attached hydrogens (tertiary/aromatic N) is 4. The first-order valence-electron chi connectivity index (χ1n) is 7.33. The second-order valence-electron chi connectivity index (χ2n) is 5.49. The smallest absolute Gasteiger partial charge is 0.271 e. The standard InChI is InChI=1S/C15H19N5O/c1-20-10-17-9-14(20)12-7-16-8-13(19-12)15(21)18-11-5-3-2-4-6-11/h7-11H,2-6H2,1H3,(H,18,21). The summed E-state index contributed by atoms with van der Waals surface area (Å²) in [6.45, 7) is 0. The number of amides is 1. The zero-order chi connectivity index (χ0) is 14.7. The Hall–Kier alpha value is -2.24. The van der Waals surface area contributed by atoms with E-state index in [2.05, 4.69) is 20.3 Å². The highest BCUT2D eigenvalue weighted by Gasteiger charge is 2.18. The van der Waals surface area contributed by atoms with E-state index in [9.17, 15) is 4.79 Å². The van der Waals surface area contributed by atoms with Crippen LogP contribution in [0.3, 0.4) is 0 Å². The van der Waals surface area contributed by atoms with Crippen molar-refractivity contribution in [1.82, 2.24) is 24.8 Å². The van der Waals surface area contributed by atoms with E-state index in [4.69, 9.17) is 0 Å². The second-order valence-corrected chi connectivity index (χ2v) is 5.49. The van der Waals surface area contributed by atoms with E-state index in [-0.39, 0.29) is 11.9 Å². The number of aryl methyl sites for hydroxylation is 1. The van der Waals surface area contributed by atoms with Gasteiger partial charge in [0.1, 0.15) is 11.4 Å². The lowest BCUT2D eigenvalue weighted by Crippen LogP contribution is -2.36. The Labute approximate surface area is 123 Å². The first-order valence-corrected chi connectivity index (χ1v) is 7.33. The Kier molecular flexibility index (Phi) is 3.94. The molecular weight excluding hydrogens is 266 g/mol. The highest BCUT2D eigenvalue weighted by atomic mass is 16.1. The molecule has 0 radical (unpaired) electrons. The van der Waals surface area contributed by atoms with Crippen LogP contribution in [0, 0.1) is 0 Å². The van der Waals surface area contributed by atoms with Gasteiger partial charge in [-0.1, -0.05) is 19.3 Å². The van der Waals surface area contributed by atoms with Crippen molar-refractivity contribution in [3.63, 3.8) is 0 Å². The van der Waals surface area contributed by atoms with Crippen LogP contribution in [0.5, 0.6) is 0 Å². The lowest BCUT2D eigenvalue weighted by molar-refractivity contribution is 0.0922. The predicted molar refractivity (Wildman–Crippen MR) is 78.6 cm³/mol. The van der Waals surface area contributed by atoms with Crippen LogP contribution < -0.4 is 5.32 Å². The number of hydrogen-bond donors (Lipinski definition) is 1. The highest BCUT2D eigenvalue weighted by Crippen LogP contribution is 2.18. The molecule has 1 amide bonds. The summed E-state index contributed by atoms with van der Waals surface area (Å²) < 4.78 is 1.85. The van der Waals surface area contributed by atoms with Gasteiger partial charge in [0.15, 0.2) is 0 Å². The number of imidazole rings is 1. The lowest BCUT2D eigenvalue weighted by Gasteiger charge is -2.22. The monoisotopic (exact) mass is 285 g/mol. The third-order valence-electron chi connectivity index (χ3n) is 3.89. The van der Waals surface area contributed by atoms with Gasteiger partial charge in [0, 0.05) is 13.1 Å². The van der Waals surface area contributed by atoms with Crippen LogP contribution in [0.15, 0.2) is 24.9 Å². The molecule has 2 aromatic rings. The minimum atomic E-state index is -0.140. The molecule has 2 heterocycles. The molecule has 0 atom stereocenters. The van der Waals surface area contributed by atoms with E-state index >= 15 is 0 Å². The Bertz CT molecular complexity index is 630. The highest BCUT2D eigenvalue weighted by molar-refractivity contribution is 5.92. The average Bonchev–Trinajstić information content (AvgIpc) is 2.94. The van der Waals surface area contributed by atoms with E-state index in [1.165, 1.54) is 25.5 Å². The van der Waals surface area contributed by atoms with Gasteiger partial charge < -0.3 is 9.88 Å². The third kappa shape index (κ3) is 3.09. The van der Waals surface area contributed by atoms with Crippen molar-refractivity contribution in [1.29, 1.82) is 0 Å². The normalized spacial score (nSPS) is 15.9. The Morgan fingerprint density at radius 1 is 1.19 bits per heavy atom. The van der Waals surface area contributed by atoms with Crippen LogP contribution in [0.2, 0.25) is 0 Å². The molecule has 0 bridgehead atoms. The number of carbonyl (C=O) groups excluding carboxylic acids is 1. The van der Waals surface area contributed by atoms with E-state index in [1.54, 1.807) is 18.7 Å². The topological polar surface area (TPSA) is 72.7 Å². The zero-order valence-electron chi connectivity index (χ0n) is 12.1. The SMILES string of the molecule is Cn1cncc1-c1cncc(C(=O)NC2CCCCC2)n1. The van der Waals surface area contributed by atoms with Gasteiger partial charge in [-0.05, 0) is 12.8 Å². The largest absolute Gasteiger partial charge is 0.348 e. The molecule has 21 heavy (non-hydrogen) atoms. The van der Waals surface area contributed by atoms with Crippen molar-refractivity contribution < 1.29 is 4.79 Å². The Balaban J connectivity index is 1.76. The van der Waals surface area contributed by atoms with Crippen LogP contribution in [0.25, 0.3) is 11.4 Å². The molecule has 0 unspecified atom stereocenters.